The van der Waals surface area contributed by atoms with E-state index in [0.29, 0.717) is 5.02 Å². The molecule has 0 amide bonds. The normalized spacial score (nSPS) is 10.8. The Morgan fingerprint density at radius 2 is 2.42 bits per heavy atom. The summed E-state index contributed by atoms with van der Waals surface area (Å²) in [5.41, 5.74) is 1.69. The summed E-state index contributed by atoms with van der Waals surface area (Å²) in [7, 11) is 0. The van der Waals surface area contributed by atoms with Gasteiger partial charge in [-0.05, 0) is 6.42 Å². The van der Waals surface area contributed by atoms with Crippen molar-refractivity contribution in [1.82, 2.24) is 14.6 Å². The second-order valence-corrected chi connectivity index (χ2v) is 2.93. The third kappa shape index (κ3) is 1.06. The number of halogens is 1. The summed E-state index contributed by atoms with van der Waals surface area (Å²) in [4.78, 5) is 4.07. The summed E-state index contributed by atoms with van der Waals surface area (Å²) in [5.74, 6) is 0. The van der Waals surface area contributed by atoms with E-state index in [1.54, 1.807) is 10.7 Å². The summed E-state index contributed by atoms with van der Waals surface area (Å²) in [6, 6.07) is 1.83. The maximum Gasteiger partial charge on any atom is 0.154 e. The molecular formula is C8H8ClN3. The minimum Gasteiger partial charge on any atom is -0.235 e. The Hall–Kier alpha value is -1.09. The van der Waals surface area contributed by atoms with Crippen molar-refractivity contribution in [3.63, 3.8) is 0 Å². The highest BCUT2D eigenvalue weighted by molar-refractivity contribution is 6.31. The van der Waals surface area contributed by atoms with E-state index in [2.05, 4.69) is 10.1 Å². The lowest BCUT2D eigenvalue weighted by Crippen LogP contribution is -1.96. The molecule has 0 unspecified atom stereocenters. The van der Waals surface area contributed by atoms with E-state index >= 15 is 0 Å². The molecule has 0 saturated carbocycles. The highest BCUT2D eigenvalue weighted by Crippen LogP contribution is 2.15. The van der Waals surface area contributed by atoms with Crippen molar-refractivity contribution in [2.45, 2.75) is 13.3 Å². The van der Waals surface area contributed by atoms with Gasteiger partial charge in [-0.15, -0.1) is 0 Å². The third-order valence-electron chi connectivity index (χ3n) is 1.74. The molecule has 2 aromatic heterocycles. The Balaban J connectivity index is 2.73. The molecule has 3 nitrogen and oxygen atoms in total. The molecule has 2 aromatic rings. The minimum atomic E-state index is 0.691. The molecule has 0 bridgehead atoms. The van der Waals surface area contributed by atoms with E-state index < -0.39 is 0 Å². The molecule has 0 atom stereocenters. The number of nitrogens with zero attached hydrogens (tertiary/aromatic N) is 3. The molecule has 0 aromatic carbocycles. The molecule has 0 saturated heterocycles. The number of rotatable bonds is 1. The fraction of sp³-hybridized carbons (Fsp3) is 0.250. The SMILES string of the molecule is CCc1nn2ccnc2cc1Cl. The van der Waals surface area contributed by atoms with Gasteiger partial charge in [0.25, 0.3) is 0 Å². The van der Waals surface area contributed by atoms with E-state index in [9.17, 15) is 0 Å². The Morgan fingerprint density at radius 1 is 1.58 bits per heavy atom. The maximum atomic E-state index is 5.94. The smallest absolute Gasteiger partial charge is 0.154 e. The van der Waals surface area contributed by atoms with Gasteiger partial charge in [0.2, 0.25) is 0 Å². The quantitative estimate of drug-likeness (QED) is 0.673. The third-order valence-corrected chi connectivity index (χ3v) is 2.07. The van der Waals surface area contributed by atoms with Crippen LogP contribution in [0.25, 0.3) is 5.65 Å². The summed E-state index contributed by atoms with van der Waals surface area (Å²) in [6.45, 7) is 2.02. The van der Waals surface area contributed by atoms with E-state index in [1.807, 2.05) is 19.2 Å². The molecule has 62 valence electrons. The predicted octanol–water partition coefficient (Wildman–Crippen LogP) is 1.95. The van der Waals surface area contributed by atoms with Crippen LogP contribution in [0.1, 0.15) is 12.6 Å². The first kappa shape index (κ1) is 7.55. The van der Waals surface area contributed by atoms with Crippen molar-refractivity contribution >= 4 is 17.2 Å². The van der Waals surface area contributed by atoms with Crippen LogP contribution >= 0.6 is 11.6 Å². The van der Waals surface area contributed by atoms with Gasteiger partial charge in [-0.2, -0.15) is 5.10 Å². The largest absolute Gasteiger partial charge is 0.235 e. The second-order valence-electron chi connectivity index (χ2n) is 2.52. The van der Waals surface area contributed by atoms with Crippen LogP contribution in [-0.4, -0.2) is 14.6 Å². The molecule has 0 aliphatic carbocycles. The van der Waals surface area contributed by atoms with Gasteiger partial charge < -0.3 is 0 Å². The molecule has 0 aliphatic rings. The van der Waals surface area contributed by atoms with Gasteiger partial charge >= 0.3 is 0 Å². The van der Waals surface area contributed by atoms with Crippen molar-refractivity contribution in [2.24, 2.45) is 0 Å². The van der Waals surface area contributed by atoms with Gasteiger partial charge in [0.15, 0.2) is 5.65 Å². The van der Waals surface area contributed by atoms with Crippen LogP contribution in [0.15, 0.2) is 18.5 Å². The molecule has 0 aliphatic heterocycles. The molecule has 2 rings (SSSR count). The molecule has 12 heavy (non-hydrogen) atoms. The standard InChI is InChI=1S/C8H8ClN3/c1-2-7-6(9)5-8-10-3-4-12(8)11-7/h3-5H,2H2,1H3. The zero-order chi connectivity index (χ0) is 8.55. The Morgan fingerprint density at radius 3 is 3.17 bits per heavy atom. The van der Waals surface area contributed by atoms with E-state index in [0.717, 1.165) is 17.8 Å². The molecule has 2 heterocycles. The van der Waals surface area contributed by atoms with Crippen LogP contribution in [0.2, 0.25) is 5.02 Å². The Bertz CT molecular complexity index is 408. The average Bonchev–Trinajstić information content (AvgIpc) is 2.49. The van der Waals surface area contributed by atoms with Crippen LogP contribution in [0.4, 0.5) is 0 Å². The van der Waals surface area contributed by atoms with Crippen molar-refractivity contribution in [3.8, 4) is 0 Å². The average molecular weight is 182 g/mol. The Kier molecular flexibility index (Phi) is 1.73. The minimum absolute atomic E-state index is 0.691. The van der Waals surface area contributed by atoms with E-state index in [-0.39, 0.29) is 0 Å². The van der Waals surface area contributed by atoms with Crippen LogP contribution in [0.5, 0.6) is 0 Å². The van der Waals surface area contributed by atoms with Gasteiger partial charge in [0.1, 0.15) is 0 Å². The van der Waals surface area contributed by atoms with Crippen LogP contribution in [0, 0.1) is 0 Å². The molecular weight excluding hydrogens is 174 g/mol. The van der Waals surface area contributed by atoms with Crippen molar-refractivity contribution < 1.29 is 0 Å². The van der Waals surface area contributed by atoms with Gasteiger partial charge in [-0.1, -0.05) is 18.5 Å². The first-order valence-electron chi connectivity index (χ1n) is 3.80. The Labute approximate surface area is 75.0 Å². The maximum absolute atomic E-state index is 5.94. The highest BCUT2D eigenvalue weighted by atomic mass is 35.5. The first-order chi connectivity index (χ1) is 5.81. The molecule has 0 fully saturated rings. The topological polar surface area (TPSA) is 30.2 Å². The zero-order valence-corrected chi connectivity index (χ0v) is 7.41. The summed E-state index contributed by atoms with van der Waals surface area (Å²) in [5, 5.41) is 4.97. The lowest BCUT2D eigenvalue weighted by Gasteiger charge is -1.99. The number of aryl methyl sites for hydroxylation is 1. The van der Waals surface area contributed by atoms with Crippen molar-refractivity contribution in [2.75, 3.05) is 0 Å². The summed E-state index contributed by atoms with van der Waals surface area (Å²) < 4.78 is 1.73. The van der Waals surface area contributed by atoms with Crippen LogP contribution in [0.3, 0.4) is 0 Å². The second kappa shape index (κ2) is 2.75. The molecule has 4 heteroatoms. The van der Waals surface area contributed by atoms with Crippen LogP contribution in [-0.2, 0) is 6.42 Å². The van der Waals surface area contributed by atoms with E-state index in [4.69, 9.17) is 11.6 Å². The molecule has 0 spiro atoms. The monoisotopic (exact) mass is 181 g/mol. The number of imidazole rings is 1. The molecule has 0 N–H and O–H groups in total. The predicted molar refractivity (Wildman–Crippen MR) is 47.4 cm³/mol. The fourth-order valence-corrected chi connectivity index (χ4v) is 1.38. The number of aromatic nitrogens is 3. The number of hydrogen-bond acceptors (Lipinski definition) is 2. The van der Waals surface area contributed by atoms with E-state index in [1.165, 1.54) is 0 Å². The number of hydrogen-bond donors (Lipinski definition) is 0. The number of fused-ring (bicyclic) bond motifs is 1. The highest BCUT2D eigenvalue weighted by Gasteiger charge is 2.02. The van der Waals surface area contributed by atoms with Crippen molar-refractivity contribution in [1.29, 1.82) is 0 Å². The van der Waals surface area contributed by atoms with Crippen LogP contribution < -0.4 is 0 Å². The lowest BCUT2D eigenvalue weighted by molar-refractivity contribution is 0.862. The summed E-state index contributed by atoms with van der Waals surface area (Å²) >= 11 is 5.94. The van der Waals surface area contributed by atoms with Gasteiger partial charge in [-0.25, -0.2) is 9.50 Å². The summed E-state index contributed by atoms with van der Waals surface area (Å²) in [6.07, 6.45) is 4.36. The molecule has 0 radical (unpaired) electrons. The van der Waals surface area contributed by atoms with Crippen molar-refractivity contribution in [3.05, 3.63) is 29.2 Å². The zero-order valence-electron chi connectivity index (χ0n) is 6.66. The van der Waals surface area contributed by atoms with Gasteiger partial charge in [0.05, 0.1) is 10.7 Å². The van der Waals surface area contributed by atoms with Gasteiger partial charge in [-0.3, -0.25) is 0 Å². The fourth-order valence-electron chi connectivity index (χ4n) is 1.11. The van der Waals surface area contributed by atoms with Gasteiger partial charge in [0, 0.05) is 18.5 Å². The lowest BCUT2D eigenvalue weighted by atomic mass is 10.3. The first-order valence-corrected chi connectivity index (χ1v) is 4.18.